The molecule has 10 heteroatoms. The molecule has 1 saturated carbocycles. The summed E-state index contributed by atoms with van der Waals surface area (Å²) in [6.07, 6.45) is 5.71. The number of aromatic nitrogens is 5. The lowest BCUT2D eigenvalue weighted by atomic mass is 9.96. The van der Waals surface area contributed by atoms with Gasteiger partial charge in [0.25, 0.3) is 0 Å². The Labute approximate surface area is 212 Å². The number of nitrogens with two attached hydrogens (primary N) is 2. The van der Waals surface area contributed by atoms with Crippen LogP contribution in [0.2, 0.25) is 0 Å². The van der Waals surface area contributed by atoms with Crippen molar-refractivity contribution < 1.29 is 14.3 Å². The fourth-order valence-corrected chi connectivity index (χ4v) is 4.87. The molecule has 5 aromatic rings. The minimum absolute atomic E-state index is 0.232. The van der Waals surface area contributed by atoms with E-state index in [2.05, 4.69) is 20.7 Å². The highest BCUT2D eigenvalue weighted by Gasteiger charge is 2.25. The van der Waals surface area contributed by atoms with Crippen LogP contribution in [0.15, 0.2) is 60.9 Å². The molecule has 188 valence electrons. The summed E-state index contributed by atoms with van der Waals surface area (Å²) in [6.45, 7) is 0. The highest BCUT2D eigenvalue weighted by Crippen LogP contribution is 2.38. The highest BCUT2D eigenvalue weighted by molar-refractivity contribution is 6.00. The van der Waals surface area contributed by atoms with E-state index in [1.54, 1.807) is 6.07 Å². The van der Waals surface area contributed by atoms with Crippen LogP contribution in [-0.2, 0) is 0 Å². The third-order valence-corrected chi connectivity index (χ3v) is 6.56. The quantitative estimate of drug-likeness (QED) is 0.295. The van der Waals surface area contributed by atoms with Crippen LogP contribution >= 0.6 is 0 Å². The predicted octanol–water partition coefficient (Wildman–Crippen LogP) is 5.56. The van der Waals surface area contributed by atoms with Crippen LogP contribution in [0, 0.1) is 5.82 Å². The number of amides is 1. The fraction of sp³-hybridized carbons (Fsp3) is 0.222. The van der Waals surface area contributed by atoms with E-state index in [4.69, 9.17) is 20.7 Å². The standard InChI is InChI=1S/C26H23FN6.CH3NO2/c27-22-19(13-11-17-12-14-20(31-23(17)22)16-7-3-1-4-8-16)24-21-25(28)29-15-30-26(21)33(32-24)18-9-5-2-6-10-18;2-1(3)4/h1,3-4,7-8,11-15,18H,2,5-6,9-10H2,(H2,28,29,30);2H2,(H,3,4). The lowest BCUT2D eigenvalue weighted by Crippen LogP contribution is -2.14. The predicted molar refractivity (Wildman–Crippen MR) is 140 cm³/mol. The van der Waals surface area contributed by atoms with E-state index < -0.39 is 11.9 Å². The number of anilines is 1. The van der Waals surface area contributed by atoms with Gasteiger partial charge in [-0.1, -0.05) is 61.7 Å². The molecule has 0 unspecified atom stereocenters. The maximum Gasteiger partial charge on any atom is 0.402 e. The maximum absolute atomic E-state index is 16.0. The Kier molecular flexibility index (Phi) is 6.63. The van der Waals surface area contributed by atoms with Crippen molar-refractivity contribution in [1.82, 2.24) is 24.7 Å². The molecule has 0 radical (unpaired) electrons. The van der Waals surface area contributed by atoms with Gasteiger partial charge < -0.3 is 16.6 Å². The van der Waals surface area contributed by atoms with Gasteiger partial charge in [-0.25, -0.2) is 28.8 Å². The number of hydrogen-bond donors (Lipinski definition) is 3. The Balaban J connectivity index is 0.000000655. The van der Waals surface area contributed by atoms with E-state index in [9.17, 15) is 0 Å². The molecule has 1 amide bonds. The van der Waals surface area contributed by atoms with Crippen LogP contribution in [-0.4, -0.2) is 35.9 Å². The van der Waals surface area contributed by atoms with Crippen LogP contribution in [0.3, 0.4) is 0 Å². The number of nitrogen functional groups attached to an aromatic ring is 1. The number of nitrogens with zero attached hydrogens (tertiary/aromatic N) is 5. The second kappa shape index (κ2) is 10.2. The molecule has 9 nitrogen and oxygen atoms in total. The number of carboxylic acid groups (broad SMARTS) is 1. The lowest BCUT2D eigenvalue weighted by molar-refractivity contribution is 0.205. The number of rotatable bonds is 3. The molecular weight excluding hydrogens is 473 g/mol. The minimum Gasteiger partial charge on any atom is -0.465 e. The first kappa shape index (κ1) is 24.1. The van der Waals surface area contributed by atoms with E-state index >= 15 is 4.39 Å². The van der Waals surface area contributed by atoms with Crippen LogP contribution in [0.4, 0.5) is 15.0 Å². The molecule has 3 aromatic heterocycles. The Bertz CT molecular complexity index is 1580. The average molecular weight is 500 g/mol. The monoisotopic (exact) mass is 499 g/mol. The molecule has 3 heterocycles. The second-order valence-electron chi connectivity index (χ2n) is 8.94. The molecule has 0 atom stereocenters. The topological polar surface area (TPSA) is 146 Å². The lowest BCUT2D eigenvalue weighted by Gasteiger charge is -2.22. The van der Waals surface area contributed by atoms with E-state index in [0.717, 1.165) is 42.3 Å². The number of fused-ring (bicyclic) bond motifs is 2. The van der Waals surface area contributed by atoms with Crippen molar-refractivity contribution >= 4 is 33.8 Å². The smallest absolute Gasteiger partial charge is 0.402 e. The number of pyridine rings is 1. The number of primary amides is 1. The highest BCUT2D eigenvalue weighted by atomic mass is 19.1. The van der Waals surface area contributed by atoms with Gasteiger partial charge >= 0.3 is 6.09 Å². The van der Waals surface area contributed by atoms with Gasteiger partial charge in [0.15, 0.2) is 11.5 Å². The number of benzene rings is 2. The molecule has 1 aliphatic rings. The molecule has 5 N–H and O–H groups in total. The zero-order valence-electron chi connectivity index (χ0n) is 20.0. The van der Waals surface area contributed by atoms with E-state index in [1.807, 2.05) is 53.2 Å². The third kappa shape index (κ3) is 4.77. The Morgan fingerprint density at radius 2 is 1.70 bits per heavy atom. The molecule has 37 heavy (non-hydrogen) atoms. The first-order valence-electron chi connectivity index (χ1n) is 12.1. The number of carbonyl (C=O) groups is 1. The third-order valence-electron chi connectivity index (χ3n) is 6.56. The summed E-state index contributed by atoms with van der Waals surface area (Å²) < 4.78 is 17.9. The molecule has 0 bridgehead atoms. The van der Waals surface area contributed by atoms with Gasteiger partial charge in [0.05, 0.1) is 17.1 Å². The van der Waals surface area contributed by atoms with Crippen molar-refractivity contribution in [2.75, 3.05) is 5.73 Å². The zero-order valence-corrected chi connectivity index (χ0v) is 20.0. The fourth-order valence-electron chi connectivity index (χ4n) is 4.87. The van der Waals surface area contributed by atoms with Gasteiger partial charge in [-0.15, -0.1) is 0 Å². The number of halogens is 1. The minimum atomic E-state index is -1.33. The van der Waals surface area contributed by atoms with Gasteiger partial charge in [-0.3, -0.25) is 0 Å². The first-order valence-corrected chi connectivity index (χ1v) is 12.1. The maximum atomic E-state index is 16.0. The van der Waals surface area contributed by atoms with Crippen molar-refractivity contribution in [3.8, 4) is 22.5 Å². The zero-order chi connectivity index (χ0) is 25.9. The summed E-state index contributed by atoms with van der Waals surface area (Å²) in [5.74, 6) is -0.105. The van der Waals surface area contributed by atoms with E-state index in [1.165, 1.54) is 12.7 Å². The van der Waals surface area contributed by atoms with Crippen molar-refractivity contribution in [1.29, 1.82) is 0 Å². The second-order valence-corrected chi connectivity index (χ2v) is 8.94. The molecular formula is C27H26FN7O2. The van der Waals surface area contributed by atoms with Crippen molar-refractivity contribution in [2.45, 2.75) is 38.1 Å². The normalized spacial score (nSPS) is 13.9. The van der Waals surface area contributed by atoms with Crippen LogP contribution in [0.5, 0.6) is 0 Å². The SMILES string of the molecule is NC(=O)O.Nc1ncnc2c1c(-c1ccc3ccc(-c4ccccc4)nc3c1F)nn2C1CCCCC1. The molecule has 2 aromatic carbocycles. The van der Waals surface area contributed by atoms with Gasteiger partial charge in [0, 0.05) is 16.5 Å². The van der Waals surface area contributed by atoms with E-state index in [-0.39, 0.29) is 6.04 Å². The molecule has 0 spiro atoms. The Morgan fingerprint density at radius 1 is 1.00 bits per heavy atom. The average Bonchev–Trinajstić information content (AvgIpc) is 3.30. The van der Waals surface area contributed by atoms with Gasteiger partial charge in [0.2, 0.25) is 0 Å². The van der Waals surface area contributed by atoms with Crippen molar-refractivity contribution in [3.63, 3.8) is 0 Å². The van der Waals surface area contributed by atoms with Crippen LogP contribution < -0.4 is 11.5 Å². The summed E-state index contributed by atoms with van der Waals surface area (Å²) in [6, 6.07) is 17.4. The molecule has 1 aliphatic carbocycles. The summed E-state index contributed by atoms with van der Waals surface area (Å²) in [5.41, 5.74) is 13.8. The van der Waals surface area contributed by atoms with Crippen molar-refractivity contribution in [2.24, 2.45) is 5.73 Å². The Morgan fingerprint density at radius 3 is 2.43 bits per heavy atom. The molecule has 0 aliphatic heterocycles. The van der Waals surface area contributed by atoms with Crippen LogP contribution in [0.1, 0.15) is 38.1 Å². The Hall–Kier alpha value is -4.60. The van der Waals surface area contributed by atoms with E-state index in [0.29, 0.717) is 33.6 Å². The summed E-state index contributed by atoms with van der Waals surface area (Å²) in [4.78, 5) is 22.1. The van der Waals surface area contributed by atoms with Gasteiger partial charge in [-0.2, -0.15) is 5.10 Å². The summed E-state index contributed by atoms with van der Waals surface area (Å²) in [7, 11) is 0. The van der Waals surface area contributed by atoms with Crippen molar-refractivity contribution in [3.05, 3.63) is 66.7 Å². The summed E-state index contributed by atoms with van der Waals surface area (Å²) in [5, 5.41) is 13.4. The summed E-state index contributed by atoms with van der Waals surface area (Å²) >= 11 is 0. The van der Waals surface area contributed by atoms with Gasteiger partial charge in [0.1, 0.15) is 23.4 Å². The first-order chi connectivity index (χ1) is 17.9. The largest absolute Gasteiger partial charge is 0.465 e. The van der Waals surface area contributed by atoms with Crippen LogP contribution in [0.25, 0.3) is 44.5 Å². The molecule has 6 rings (SSSR count). The van der Waals surface area contributed by atoms with Gasteiger partial charge in [-0.05, 0) is 25.0 Å². The molecule has 1 fully saturated rings. The molecule has 0 saturated heterocycles. The number of hydrogen-bond acceptors (Lipinski definition) is 6.